The fourth-order valence-corrected chi connectivity index (χ4v) is 0.843. The van der Waals surface area contributed by atoms with Crippen molar-refractivity contribution in [1.82, 2.24) is 0 Å². The van der Waals surface area contributed by atoms with Crippen molar-refractivity contribution in [3.63, 3.8) is 0 Å². The second-order valence-electron chi connectivity index (χ2n) is 2.22. The minimum atomic E-state index is 0.128. The Bertz CT molecular complexity index is 118. The SMILES string of the molecule is CCCCCC(=O)/C=C/Cl. The average Bonchev–Trinajstić information content (AvgIpc) is 1.89. The lowest BCUT2D eigenvalue weighted by Crippen LogP contribution is -1.90. The van der Waals surface area contributed by atoms with Gasteiger partial charge in [-0.05, 0) is 12.5 Å². The van der Waals surface area contributed by atoms with E-state index < -0.39 is 0 Å². The van der Waals surface area contributed by atoms with Gasteiger partial charge in [0, 0.05) is 12.0 Å². The highest BCUT2D eigenvalue weighted by Crippen LogP contribution is 2.00. The molecule has 0 aliphatic heterocycles. The van der Waals surface area contributed by atoms with Crippen LogP contribution in [-0.2, 0) is 4.79 Å². The lowest BCUT2D eigenvalue weighted by Gasteiger charge is -1.92. The smallest absolute Gasteiger partial charge is 0.156 e. The topological polar surface area (TPSA) is 17.1 Å². The fraction of sp³-hybridized carbons (Fsp3) is 0.625. The van der Waals surface area contributed by atoms with Crippen molar-refractivity contribution in [1.29, 1.82) is 0 Å². The minimum absolute atomic E-state index is 0.128. The van der Waals surface area contributed by atoms with Gasteiger partial charge < -0.3 is 0 Å². The number of carbonyl (C=O) groups is 1. The number of ketones is 1. The number of unbranched alkanes of at least 4 members (excludes halogenated alkanes) is 2. The summed E-state index contributed by atoms with van der Waals surface area (Å²) < 4.78 is 0. The zero-order valence-electron chi connectivity index (χ0n) is 6.27. The second kappa shape index (κ2) is 6.81. The van der Waals surface area contributed by atoms with Gasteiger partial charge in [0.25, 0.3) is 0 Å². The Morgan fingerprint density at radius 1 is 1.50 bits per heavy atom. The maximum atomic E-state index is 10.7. The summed E-state index contributed by atoms with van der Waals surface area (Å²) in [5, 5.41) is 0. The number of rotatable bonds is 5. The molecule has 0 rings (SSSR count). The summed E-state index contributed by atoms with van der Waals surface area (Å²) >= 11 is 5.21. The van der Waals surface area contributed by atoms with E-state index in [1.165, 1.54) is 11.6 Å². The first-order valence-corrected chi connectivity index (χ1v) is 4.04. The van der Waals surface area contributed by atoms with Crippen LogP contribution in [0.15, 0.2) is 11.6 Å². The van der Waals surface area contributed by atoms with Crippen LogP contribution in [0.1, 0.15) is 32.6 Å². The Labute approximate surface area is 67.1 Å². The van der Waals surface area contributed by atoms with Crippen molar-refractivity contribution in [2.45, 2.75) is 32.6 Å². The van der Waals surface area contributed by atoms with Gasteiger partial charge in [-0.15, -0.1) is 0 Å². The molecule has 0 heterocycles. The summed E-state index contributed by atoms with van der Waals surface area (Å²) in [5.74, 6) is 0.128. The van der Waals surface area contributed by atoms with Crippen LogP contribution in [0.4, 0.5) is 0 Å². The first-order valence-electron chi connectivity index (χ1n) is 3.61. The zero-order valence-corrected chi connectivity index (χ0v) is 7.03. The molecular formula is C8H13ClO. The highest BCUT2D eigenvalue weighted by atomic mass is 35.5. The molecule has 0 radical (unpaired) electrons. The van der Waals surface area contributed by atoms with Crippen molar-refractivity contribution in [2.75, 3.05) is 0 Å². The van der Waals surface area contributed by atoms with Crippen molar-refractivity contribution >= 4 is 17.4 Å². The van der Waals surface area contributed by atoms with E-state index in [-0.39, 0.29) is 5.78 Å². The molecule has 0 saturated carbocycles. The van der Waals surface area contributed by atoms with Crippen molar-refractivity contribution < 1.29 is 4.79 Å². The molecule has 0 saturated heterocycles. The van der Waals surface area contributed by atoms with Crippen LogP contribution in [0.2, 0.25) is 0 Å². The molecule has 1 nitrogen and oxygen atoms in total. The van der Waals surface area contributed by atoms with E-state index in [2.05, 4.69) is 6.92 Å². The lowest BCUT2D eigenvalue weighted by atomic mass is 10.1. The molecule has 0 spiro atoms. The third kappa shape index (κ3) is 5.83. The largest absolute Gasteiger partial charge is 0.295 e. The van der Waals surface area contributed by atoms with Crippen LogP contribution >= 0.6 is 11.6 Å². The standard InChI is InChI=1S/C8H13ClO/c1-2-3-4-5-8(10)6-7-9/h6-7H,2-5H2,1H3/b7-6+. The van der Waals surface area contributed by atoms with Crippen LogP contribution < -0.4 is 0 Å². The van der Waals surface area contributed by atoms with Gasteiger partial charge in [-0.25, -0.2) is 0 Å². The summed E-state index contributed by atoms with van der Waals surface area (Å²) in [5.41, 5.74) is 1.27. The van der Waals surface area contributed by atoms with E-state index in [0.717, 1.165) is 19.3 Å². The number of halogens is 1. The Balaban J connectivity index is 3.22. The number of hydrogen-bond donors (Lipinski definition) is 0. The lowest BCUT2D eigenvalue weighted by molar-refractivity contribution is -0.114. The Kier molecular flexibility index (Phi) is 6.61. The predicted octanol–water partition coefficient (Wildman–Crippen LogP) is 2.89. The minimum Gasteiger partial charge on any atom is -0.295 e. The number of hydrogen-bond acceptors (Lipinski definition) is 1. The molecule has 0 aromatic rings. The summed E-state index contributed by atoms with van der Waals surface area (Å²) in [6.45, 7) is 2.11. The van der Waals surface area contributed by atoms with Gasteiger partial charge >= 0.3 is 0 Å². The summed E-state index contributed by atoms with van der Waals surface area (Å²) in [7, 11) is 0. The molecule has 0 atom stereocenters. The van der Waals surface area contributed by atoms with Crippen molar-refractivity contribution in [3.8, 4) is 0 Å². The molecule has 0 N–H and O–H groups in total. The third-order valence-corrected chi connectivity index (χ3v) is 1.40. The number of carbonyl (C=O) groups excluding carboxylic acids is 1. The second-order valence-corrected chi connectivity index (χ2v) is 2.47. The summed E-state index contributed by atoms with van der Waals surface area (Å²) in [6.07, 6.45) is 5.31. The molecule has 58 valence electrons. The van der Waals surface area contributed by atoms with Gasteiger partial charge in [0.15, 0.2) is 5.78 Å². The molecule has 2 heteroatoms. The zero-order chi connectivity index (χ0) is 7.82. The quantitative estimate of drug-likeness (QED) is 0.447. The van der Waals surface area contributed by atoms with E-state index in [1.54, 1.807) is 0 Å². The van der Waals surface area contributed by atoms with Gasteiger partial charge in [-0.2, -0.15) is 0 Å². The van der Waals surface area contributed by atoms with Crippen LogP contribution in [0.25, 0.3) is 0 Å². The number of allylic oxidation sites excluding steroid dienone is 1. The van der Waals surface area contributed by atoms with Crippen LogP contribution in [0, 0.1) is 0 Å². The van der Waals surface area contributed by atoms with Gasteiger partial charge in [-0.1, -0.05) is 31.4 Å². The van der Waals surface area contributed by atoms with Crippen LogP contribution in [0.3, 0.4) is 0 Å². The molecule has 0 amide bonds. The predicted molar refractivity (Wildman–Crippen MR) is 44.1 cm³/mol. The summed E-state index contributed by atoms with van der Waals surface area (Å²) in [6, 6.07) is 0. The maximum Gasteiger partial charge on any atom is 0.156 e. The van der Waals surface area contributed by atoms with Gasteiger partial charge in [0.05, 0.1) is 0 Å². The van der Waals surface area contributed by atoms with E-state index in [1.807, 2.05) is 0 Å². The van der Waals surface area contributed by atoms with Gasteiger partial charge in [0.2, 0.25) is 0 Å². The van der Waals surface area contributed by atoms with Crippen molar-refractivity contribution in [2.24, 2.45) is 0 Å². The van der Waals surface area contributed by atoms with Crippen LogP contribution in [-0.4, -0.2) is 5.78 Å². The average molecular weight is 161 g/mol. The molecule has 0 bridgehead atoms. The molecular weight excluding hydrogens is 148 g/mol. The van der Waals surface area contributed by atoms with E-state index in [0.29, 0.717) is 6.42 Å². The van der Waals surface area contributed by atoms with E-state index in [9.17, 15) is 4.79 Å². The van der Waals surface area contributed by atoms with Crippen molar-refractivity contribution in [3.05, 3.63) is 11.6 Å². The Morgan fingerprint density at radius 3 is 2.70 bits per heavy atom. The molecule has 0 aliphatic carbocycles. The third-order valence-electron chi connectivity index (χ3n) is 1.28. The highest BCUT2D eigenvalue weighted by molar-refractivity contribution is 6.26. The normalized spacial score (nSPS) is 10.6. The van der Waals surface area contributed by atoms with E-state index >= 15 is 0 Å². The fourth-order valence-electron chi connectivity index (χ4n) is 0.703. The first-order chi connectivity index (χ1) is 4.81. The monoisotopic (exact) mass is 160 g/mol. The van der Waals surface area contributed by atoms with Crippen LogP contribution in [0.5, 0.6) is 0 Å². The Hall–Kier alpha value is -0.300. The molecule has 0 unspecified atom stereocenters. The molecule has 0 aromatic carbocycles. The molecule has 0 aliphatic rings. The van der Waals surface area contributed by atoms with E-state index in [4.69, 9.17) is 11.6 Å². The maximum absolute atomic E-state index is 10.7. The van der Waals surface area contributed by atoms with Gasteiger partial charge in [0.1, 0.15) is 0 Å². The Morgan fingerprint density at radius 2 is 2.20 bits per heavy atom. The first kappa shape index (κ1) is 9.70. The van der Waals surface area contributed by atoms with Gasteiger partial charge in [-0.3, -0.25) is 4.79 Å². The summed E-state index contributed by atoms with van der Waals surface area (Å²) in [4.78, 5) is 10.7. The molecule has 0 aromatic heterocycles. The molecule has 10 heavy (non-hydrogen) atoms. The molecule has 0 fully saturated rings. The highest BCUT2D eigenvalue weighted by Gasteiger charge is 1.93.